The van der Waals surface area contributed by atoms with Crippen molar-refractivity contribution in [3.05, 3.63) is 129 Å². The van der Waals surface area contributed by atoms with Gasteiger partial charge in [0.2, 0.25) is 10.0 Å². The average molecular weight is 1210 g/mol. The molecule has 2 saturated carbocycles. The molecule has 14 nitrogen and oxygen atoms in total. The number of sulfonamides is 1. The highest BCUT2D eigenvalue weighted by atomic mass is 32.2. The van der Waals surface area contributed by atoms with Gasteiger partial charge >= 0.3 is 13.2 Å². The van der Waals surface area contributed by atoms with Gasteiger partial charge in [0.15, 0.2) is 23.0 Å². The number of halogens is 8. The van der Waals surface area contributed by atoms with E-state index in [4.69, 9.17) is 15.2 Å². The molecule has 0 radical (unpaired) electrons. The van der Waals surface area contributed by atoms with Gasteiger partial charge in [0.05, 0.1) is 20.5 Å². The van der Waals surface area contributed by atoms with Crippen LogP contribution in [0.5, 0.6) is 23.0 Å². The van der Waals surface area contributed by atoms with E-state index >= 15 is 0 Å². The topological polar surface area (TPSA) is 156 Å². The normalized spacial score (nSPS) is 19.1. The molecule has 2 saturated heterocycles. The fraction of sp³-hybridized carbons (Fsp3) is 0.508. The Hall–Kier alpha value is -6.27. The van der Waals surface area contributed by atoms with Crippen molar-refractivity contribution in [1.29, 1.82) is 0 Å². The molecule has 2 aliphatic heterocycles. The molecule has 0 bridgehead atoms. The van der Waals surface area contributed by atoms with E-state index in [0.29, 0.717) is 24.2 Å². The second-order valence-corrected chi connectivity index (χ2v) is 24.4. The molecule has 2 heterocycles. The number of carbonyl (C=O) groups is 2. The molecule has 0 aromatic heterocycles. The fourth-order valence-electron chi connectivity index (χ4n) is 12.1. The van der Waals surface area contributed by atoms with Crippen LogP contribution in [-0.2, 0) is 10.0 Å². The van der Waals surface area contributed by atoms with E-state index in [0.717, 1.165) is 115 Å². The van der Waals surface area contributed by atoms with Gasteiger partial charge in [-0.2, -0.15) is 17.6 Å². The molecule has 2 unspecified atom stereocenters. The molecule has 4 fully saturated rings. The molecule has 2 amide bonds. The molecular weight excluding hydrogens is 1130 g/mol. The number of amides is 2. The van der Waals surface area contributed by atoms with Gasteiger partial charge in [-0.3, -0.25) is 19.4 Å². The van der Waals surface area contributed by atoms with Crippen LogP contribution in [0.15, 0.2) is 83.9 Å². The van der Waals surface area contributed by atoms with E-state index in [1.807, 2.05) is 0 Å². The van der Waals surface area contributed by atoms with Crippen LogP contribution in [0.3, 0.4) is 0 Å². The SMILES string of the molecule is COc1cc(C(=O)N(C/C(C)=C/c2ccc(F)cc2F)CC2CCCN2CC2(N)CCCC2)ccc1OC(F)F.COc1cc(C(=O)N(C/C(C)=C/c2ccc(F)cc2F)CC2CCCN2CC2(NS(C)(=O)=O)CCCC2)ccc1OC(F)F. The second-order valence-electron chi connectivity index (χ2n) is 22.6. The van der Waals surface area contributed by atoms with Gasteiger partial charge in [0.25, 0.3) is 11.8 Å². The van der Waals surface area contributed by atoms with E-state index in [1.165, 1.54) is 75.1 Å². The third kappa shape index (κ3) is 18.4. The predicted octanol–water partition coefficient (Wildman–Crippen LogP) is 11.3. The van der Waals surface area contributed by atoms with E-state index < -0.39 is 58.0 Å². The maximum Gasteiger partial charge on any atom is 0.387 e. The molecule has 3 N–H and O–H groups in total. The molecule has 8 rings (SSSR count). The first-order valence-electron chi connectivity index (χ1n) is 28.2. The van der Waals surface area contributed by atoms with Gasteiger partial charge in [-0.1, -0.05) is 49.0 Å². The summed E-state index contributed by atoms with van der Waals surface area (Å²) in [4.78, 5) is 35.7. The summed E-state index contributed by atoms with van der Waals surface area (Å²) in [6.07, 6.45) is 15.3. The summed E-state index contributed by atoms with van der Waals surface area (Å²) in [5.74, 6) is -3.93. The minimum atomic E-state index is -3.44. The van der Waals surface area contributed by atoms with Crippen molar-refractivity contribution < 1.29 is 72.1 Å². The van der Waals surface area contributed by atoms with Gasteiger partial charge in [0.1, 0.15) is 23.3 Å². The lowest BCUT2D eigenvalue weighted by molar-refractivity contribution is -0.0518. The molecule has 460 valence electrons. The molecule has 23 heteroatoms. The van der Waals surface area contributed by atoms with Crippen molar-refractivity contribution in [2.24, 2.45) is 5.73 Å². The quantitative estimate of drug-likeness (QED) is 0.0644. The van der Waals surface area contributed by atoms with Crippen LogP contribution < -0.4 is 29.4 Å². The van der Waals surface area contributed by atoms with E-state index in [9.17, 15) is 53.1 Å². The van der Waals surface area contributed by atoms with Crippen LogP contribution in [0.2, 0.25) is 0 Å². The molecule has 4 aromatic rings. The first-order chi connectivity index (χ1) is 39.8. The van der Waals surface area contributed by atoms with Gasteiger partial charge in [0, 0.05) is 96.8 Å². The molecule has 4 aliphatic rings. The van der Waals surface area contributed by atoms with Crippen molar-refractivity contribution in [3.63, 3.8) is 0 Å². The highest BCUT2D eigenvalue weighted by molar-refractivity contribution is 7.88. The number of alkyl halides is 4. The summed E-state index contributed by atoms with van der Waals surface area (Å²) < 4.78 is 154. The number of likely N-dealkylation sites (tertiary alicyclic amines) is 2. The molecular formula is C61H76F8N6O8S. The Morgan fingerprint density at radius 2 is 1.05 bits per heavy atom. The highest BCUT2D eigenvalue weighted by Crippen LogP contribution is 2.36. The molecule has 2 aliphatic carbocycles. The van der Waals surface area contributed by atoms with Crippen LogP contribution in [0.25, 0.3) is 12.2 Å². The number of nitrogens with one attached hydrogen (secondary N) is 1. The van der Waals surface area contributed by atoms with E-state index in [2.05, 4.69) is 24.0 Å². The minimum absolute atomic E-state index is 0.0144. The average Bonchev–Trinajstić information content (AvgIpc) is 4.43. The zero-order valence-corrected chi connectivity index (χ0v) is 48.9. The summed E-state index contributed by atoms with van der Waals surface area (Å²) in [5.41, 5.74) is 8.02. The van der Waals surface area contributed by atoms with Gasteiger partial charge in [-0.05, 0) is 139 Å². The van der Waals surface area contributed by atoms with Gasteiger partial charge in [-0.25, -0.2) is 30.7 Å². The Morgan fingerprint density at radius 1 is 0.631 bits per heavy atom. The lowest BCUT2D eigenvalue weighted by Crippen LogP contribution is -2.55. The number of hydrogen-bond donors (Lipinski definition) is 2. The maximum absolute atomic E-state index is 14.4. The van der Waals surface area contributed by atoms with Crippen molar-refractivity contribution in [1.82, 2.24) is 24.3 Å². The smallest absolute Gasteiger partial charge is 0.387 e. The summed E-state index contributed by atoms with van der Waals surface area (Å²) >= 11 is 0. The summed E-state index contributed by atoms with van der Waals surface area (Å²) in [6, 6.07) is 14.7. The third-order valence-corrected chi connectivity index (χ3v) is 16.7. The van der Waals surface area contributed by atoms with E-state index in [-0.39, 0.29) is 88.4 Å². The Bertz CT molecular complexity index is 3090. The van der Waals surface area contributed by atoms with Crippen molar-refractivity contribution in [3.8, 4) is 23.0 Å². The number of hydrogen-bond acceptors (Lipinski definition) is 11. The zero-order chi connectivity index (χ0) is 60.9. The van der Waals surface area contributed by atoms with E-state index in [1.54, 1.807) is 35.8 Å². The first kappa shape index (κ1) is 65.3. The largest absolute Gasteiger partial charge is 0.493 e. The number of ether oxygens (including phenoxy) is 4. The standard InChI is InChI=1S/C31H39F4N3O5S.C30H37F4N3O3/c1-21(15-22-8-10-24(32)17-26(22)33)18-38(29(39)23-9-11-27(43-30(34)35)28(16-23)42-2)19-25-7-6-14-37(25)20-31(12-4-5-13-31)36-44(3,40)41;1-20(14-21-7-9-23(31)16-25(21)32)17-37(18-24-6-5-13-36(24)19-30(35)11-3-4-12-30)28(38)22-8-10-26(40-29(33)34)27(15-22)39-2/h8-11,15-17,25,30,36H,4-7,12-14,18-20H2,1-3H3;7-10,14-16,24,29H,3-6,11-13,17-19,35H2,1-2H3/b21-15+;20-14+. The first-order valence-corrected chi connectivity index (χ1v) is 30.1. The molecule has 84 heavy (non-hydrogen) atoms. The predicted molar refractivity (Wildman–Crippen MR) is 305 cm³/mol. The van der Waals surface area contributed by atoms with Crippen molar-refractivity contribution >= 4 is 34.0 Å². The van der Waals surface area contributed by atoms with Crippen LogP contribution in [0, 0.1) is 23.3 Å². The van der Waals surface area contributed by atoms with Crippen LogP contribution in [0.4, 0.5) is 35.1 Å². The number of nitrogens with zero attached hydrogens (tertiary/aromatic N) is 4. The number of benzene rings is 4. The van der Waals surface area contributed by atoms with Crippen LogP contribution in [-0.4, -0.2) is 149 Å². The lowest BCUT2D eigenvalue weighted by Gasteiger charge is -2.38. The van der Waals surface area contributed by atoms with Crippen molar-refractivity contribution in [2.45, 2.75) is 127 Å². The van der Waals surface area contributed by atoms with Gasteiger partial charge < -0.3 is 34.5 Å². The fourth-order valence-corrected chi connectivity index (χ4v) is 13.2. The van der Waals surface area contributed by atoms with Crippen LogP contribution in [0.1, 0.15) is 123 Å². The minimum Gasteiger partial charge on any atom is -0.493 e. The Balaban J connectivity index is 0.000000242. The number of carbonyl (C=O) groups excluding carboxylic acids is 2. The number of rotatable bonds is 24. The Labute approximate surface area is 487 Å². The highest BCUT2D eigenvalue weighted by Gasteiger charge is 2.42. The Kier molecular flexibility index (Phi) is 22.7. The third-order valence-electron chi connectivity index (χ3n) is 15.9. The molecule has 4 aromatic carbocycles. The lowest BCUT2D eigenvalue weighted by atomic mass is 9.98. The summed E-state index contributed by atoms with van der Waals surface area (Å²) in [6.45, 7) is 1.29. The Morgan fingerprint density at radius 3 is 1.44 bits per heavy atom. The monoisotopic (exact) mass is 1200 g/mol. The van der Waals surface area contributed by atoms with Crippen LogP contribution >= 0.6 is 0 Å². The van der Waals surface area contributed by atoms with Gasteiger partial charge in [-0.15, -0.1) is 0 Å². The maximum atomic E-state index is 14.4. The molecule has 0 spiro atoms. The zero-order valence-electron chi connectivity index (χ0n) is 48.1. The molecule has 2 atom stereocenters. The summed E-state index contributed by atoms with van der Waals surface area (Å²) in [5, 5.41) is 0. The number of methoxy groups -OCH3 is 2. The summed E-state index contributed by atoms with van der Waals surface area (Å²) in [7, 11) is -0.846. The number of nitrogens with two attached hydrogens (primary N) is 1. The van der Waals surface area contributed by atoms with Crippen molar-refractivity contribution in [2.75, 3.05) is 72.8 Å². The second kappa shape index (κ2) is 29.2.